The molecule has 3 rings (SSSR count). The Morgan fingerprint density at radius 2 is 1.58 bits per heavy atom. The van der Waals surface area contributed by atoms with E-state index in [1.807, 2.05) is 4.90 Å². The van der Waals surface area contributed by atoms with E-state index in [4.69, 9.17) is 4.74 Å². The molecule has 1 saturated heterocycles. The number of amides is 1. The van der Waals surface area contributed by atoms with Crippen LogP contribution in [0.2, 0.25) is 0 Å². The first kappa shape index (κ1) is 18.0. The first-order valence-electron chi connectivity index (χ1n) is 8.84. The lowest BCUT2D eigenvalue weighted by atomic mass is 10.1. The summed E-state index contributed by atoms with van der Waals surface area (Å²) in [5.74, 6) is 0.0976. The fourth-order valence-electron chi connectivity index (χ4n) is 3.24. The van der Waals surface area contributed by atoms with Gasteiger partial charge in [-0.1, -0.05) is 12.1 Å². The van der Waals surface area contributed by atoms with Crippen molar-refractivity contribution >= 4 is 17.6 Å². The number of anilines is 1. The average Bonchev–Trinajstić information content (AvgIpc) is 2.64. The molecule has 1 fully saturated rings. The van der Waals surface area contributed by atoms with E-state index in [1.54, 1.807) is 24.3 Å². The van der Waals surface area contributed by atoms with Gasteiger partial charge in [-0.05, 0) is 55.3 Å². The quantitative estimate of drug-likeness (QED) is 0.629. The molecule has 1 amide bonds. The van der Waals surface area contributed by atoms with Crippen LogP contribution in [0.25, 0.3) is 0 Å². The fraction of sp³-hybridized carbons (Fsp3) is 0.333. The van der Waals surface area contributed by atoms with Crippen molar-refractivity contribution in [2.75, 3.05) is 31.1 Å². The molecule has 0 radical (unpaired) electrons. The molecule has 1 aliphatic heterocycles. The molecule has 136 valence electrons. The number of hydrogen-bond acceptors (Lipinski definition) is 4. The minimum atomic E-state index is -0.369. The lowest BCUT2D eigenvalue weighted by Crippen LogP contribution is -2.49. The number of benzene rings is 2. The largest absolute Gasteiger partial charge is 0.427 e. The molecule has 2 aromatic rings. The zero-order valence-corrected chi connectivity index (χ0v) is 15.5. The van der Waals surface area contributed by atoms with Gasteiger partial charge in [-0.2, -0.15) is 0 Å². The van der Waals surface area contributed by atoms with Crippen LogP contribution in [0.1, 0.15) is 28.4 Å². The predicted molar refractivity (Wildman–Crippen MR) is 102 cm³/mol. The van der Waals surface area contributed by atoms with Crippen molar-refractivity contribution in [2.24, 2.45) is 0 Å². The summed E-state index contributed by atoms with van der Waals surface area (Å²) >= 11 is 0. The van der Waals surface area contributed by atoms with Crippen LogP contribution in [-0.2, 0) is 4.79 Å². The Morgan fingerprint density at radius 3 is 2.19 bits per heavy atom. The maximum atomic E-state index is 12.7. The highest BCUT2D eigenvalue weighted by atomic mass is 16.5. The van der Waals surface area contributed by atoms with Gasteiger partial charge < -0.3 is 14.5 Å². The predicted octanol–water partition coefficient (Wildman–Crippen LogP) is 3.19. The summed E-state index contributed by atoms with van der Waals surface area (Å²) in [6, 6.07) is 13.1. The van der Waals surface area contributed by atoms with Crippen molar-refractivity contribution in [3.8, 4) is 5.75 Å². The minimum absolute atomic E-state index is 0.0139. The topological polar surface area (TPSA) is 49.9 Å². The number of piperazine rings is 1. The van der Waals surface area contributed by atoms with Crippen molar-refractivity contribution in [2.45, 2.75) is 20.8 Å². The minimum Gasteiger partial charge on any atom is -0.427 e. The summed E-state index contributed by atoms with van der Waals surface area (Å²) in [6.07, 6.45) is 0. The summed E-state index contributed by atoms with van der Waals surface area (Å²) in [7, 11) is 0. The highest BCUT2D eigenvalue weighted by Gasteiger charge is 2.23. The number of aryl methyl sites for hydroxylation is 1. The summed E-state index contributed by atoms with van der Waals surface area (Å²) in [6.45, 7) is 8.65. The second-order valence-corrected chi connectivity index (χ2v) is 6.62. The van der Waals surface area contributed by atoms with Crippen LogP contribution in [-0.4, -0.2) is 43.0 Å². The Hall–Kier alpha value is -2.82. The van der Waals surface area contributed by atoms with Gasteiger partial charge in [-0.15, -0.1) is 0 Å². The number of ether oxygens (including phenoxy) is 1. The summed E-state index contributed by atoms with van der Waals surface area (Å²) in [5.41, 5.74) is 4.45. The monoisotopic (exact) mass is 352 g/mol. The van der Waals surface area contributed by atoms with Gasteiger partial charge in [-0.3, -0.25) is 9.59 Å². The second kappa shape index (κ2) is 7.60. The van der Waals surface area contributed by atoms with Crippen molar-refractivity contribution in [3.05, 3.63) is 59.2 Å². The smallest absolute Gasteiger partial charge is 0.308 e. The van der Waals surface area contributed by atoms with Gasteiger partial charge >= 0.3 is 5.97 Å². The molecular formula is C21H24N2O3. The van der Waals surface area contributed by atoms with Crippen LogP contribution < -0.4 is 9.64 Å². The Balaban J connectivity index is 1.63. The fourth-order valence-corrected chi connectivity index (χ4v) is 3.24. The standard InChI is InChI=1S/C21H24N2O3/c1-15-5-4-6-20(16(15)2)22-11-13-23(14-12-22)21(25)18-7-9-19(10-8-18)26-17(3)24/h4-10H,11-14H2,1-3H3. The van der Waals surface area contributed by atoms with Crippen LogP contribution in [0.5, 0.6) is 5.75 Å². The molecule has 0 spiro atoms. The highest BCUT2D eigenvalue weighted by Crippen LogP contribution is 2.24. The Bertz CT molecular complexity index is 807. The molecule has 0 saturated carbocycles. The van der Waals surface area contributed by atoms with Crippen molar-refractivity contribution in [1.29, 1.82) is 0 Å². The first-order valence-corrected chi connectivity index (χ1v) is 8.84. The van der Waals surface area contributed by atoms with E-state index in [-0.39, 0.29) is 11.9 Å². The number of hydrogen-bond donors (Lipinski definition) is 0. The molecule has 0 aliphatic carbocycles. The lowest BCUT2D eigenvalue weighted by molar-refractivity contribution is -0.131. The first-order chi connectivity index (χ1) is 12.5. The van der Waals surface area contributed by atoms with Crippen LogP contribution in [0.15, 0.2) is 42.5 Å². The molecule has 0 unspecified atom stereocenters. The number of nitrogens with zero attached hydrogens (tertiary/aromatic N) is 2. The lowest BCUT2D eigenvalue weighted by Gasteiger charge is -2.37. The van der Waals surface area contributed by atoms with Gasteiger partial charge in [0.15, 0.2) is 0 Å². The third-order valence-electron chi connectivity index (χ3n) is 4.85. The van der Waals surface area contributed by atoms with Crippen molar-refractivity contribution in [1.82, 2.24) is 4.90 Å². The zero-order valence-electron chi connectivity index (χ0n) is 15.5. The third kappa shape index (κ3) is 3.87. The van der Waals surface area contributed by atoms with Crippen molar-refractivity contribution < 1.29 is 14.3 Å². The molecular weight excluding hydrogens is 328 g/mol. The van der Waals surface area contributed by atoms with E-state index in [1.165, 1.54) is 23.7 Å². The number of rotatable bonds is 3. The second-order valence-electron chi connectivity index (χ2n) is 6.62. The molecule has 2 aromatic carbocycles. The molecule has 1 heterocycles. The zero-order chi connectivity index (χ0) is 18.7. The van der Waals surface area contributed by atoms with E-state index >= 15 is 0 Å². The number of esters is 1. The molecule has 5 heteroatoms. The van der Waals surface area contributed by atoms with Crippen LogP contribution in [0, 0.1) is 13.8 Å². The van der Waals surface area contributed by atoms with Gasteiger partial charge in [-0.25, -0.2) is 0 Å². The molecule has 0 bridgehead atoms. The molecule has 0 aromatic heterocycles. The maximum absolute atomic E-state index is 12.7. The van der Waals surface area contributed by atoms with E-state index in [9.17, 15) is 9.59 Å². The molecule has 0 atom stereocenters. The van der Waals surface area contributed by atoms with E-state index in [0.717, 1.165) is 13.1 Å². The van der Waals surface area contributed by atoms with Gasteiger partial charge in [0.1, 0.15) is 5.75 Å². The number of carbonyl (C=O) groups excluding carboxylic acids is 2. The van der Waals surface area contributed by atoms with Gasteiger partial charge in [0.25, 0.3) is 5.91 Å². The van der Waals surface area contributed by atoms with Crippen LogP contribution in [0.3, 0.4) is 0 Å². The normalized spacial score (nSPS) is 14.3. The van der Waals surface area contributed by atoms with Crippen LogP contribution in [0.4, 0.5) is 5.69 Å². The Morgan fingerprint density at radius 1 is 0.923 bits per heavy atom. The van der Waals surface area contributed by atoms with E-state index in [2.05, 4.69) is 36.9 Å². The van der Waals surface area contributed by atoms with Gasteiger partial charge in [0.2, 0.25) is 0 Å². The Kier molecular flexibility index (Phi) is 5.26. The maximum Gasteiger partial charge on any atom is 0.308 e. The van der Waals surface area contributed by atoms with E-state index < -0.39 is 0 Å². The van der Waals surface area contributed by atoms with Gasteiger partial charge in [0.05, 0.1) is 0 Å². The van der Waals surface area contributed by atoms with Gasteiger partial charge in [0, 0.05) is 44.4 Å². The third-order valence-corrected chi connectivity index (χ3v) is 4.85. The SMILES string of the molecule is CC(=O)Oc1ccc(C(=O)N2CCN(c3cccc(C)c3C)CC2)cc1. The average molecular weight is 352 g/mol. The van der Waals surface area contributed by atoms with Crippen LogP contribution >= 0.6 is 0 Å². The van der Waals surface area contributed by atoms with E-state index in [0.29, 0.717) is 24.4 Å². The highest BCUT2D eigenvalue weighted by molar-refractivity contribution is 5.94. The summed E-state index contributed by atoms with van der Waals surface area (Å²) in [4.78, 5) is 27.9. The molecule has 26 heavy (non-hydrogen) atoms. The number of carbonyl (C=O) groups is 2. The molecule has 0 N–H and O–H groups in total. The summed E-state index contributed by atoms with van der Waals surface area (Å²) in [5, 5.41) is 0. The summed E-state index contributed by atoms with van der Waals surface area (Å²) < 4.78 is 5.01. The Labute approximate surface area is 154 Å². The molecule has 5 nitrogen and oxygen atoms in total. The molecule has 1 aliphatic rings. The van der Waals surface area contributed by atoms with Crippen molar-refractivity contribution in [3.63, 3.8) is 0 Å².